The van der Waals surface area contributed by atoms with Gasteiger partial charge in [0.05, 0.1) is 16.8 Å². The van der Waals surface area contributed by atoms with Crippen molar-refractivity contribution in [3.63, 3.8) is 0 Å². The van der Waals surface area contributed by atoms with Crippen molar-refractivity contribution in [1.82, 2.24) is 5.01 Å². The van der Waals surface area contributed by atoms with E-state index in [-0.39, 0.29) is 5.91 Å². The zero-order valence-electron chi connectivity index (χ0n) is 14.4. The first-order valence-corrected chi connectivity index (χ1v) is 9.73. The molecule has 1 aromatic rings. The summed E-state index contributed by atoms with van der Waals surface area (Å²) in [5, 5.41) is 5.01. The fourth-order valence-electron chi connectivity index (χ4n) is 6.29. The van der Waals surface area contributed by atoms with Crippen LogP contribution >= 0.6 is 11.6 Å². The topological polar surface area (TPSA) is 23.6 Å². The van der Waals surface area contributed by atoms with Gasteiger partial charge < -0.3 is 0 Å². The van der Waals surface area contributed by atoms with Gasteiger partial charge in [0.1, 0.15) is 5.54 Å². The lowest BCUT2D eigenvalue weighted by atomic mass is 9.53. The number of carbonyl (C=O) groups excluding carboxylic acids is 1. The summed E-state index contributed by atoms with van der Waals surface area (Å²) in [6.45, 7) is 4.04. The third-order valence-electron chi connectivity index (χ3n) is 7.02. The molecule has 4 saturated carbocycles. The van der Waals surface area contributed by atoms with Crippen molar-refractivity contribution in [2.45, 2.75) is 57.5 Å². The third-order valence-corrected chi connectivity index (χ3v) is 7.34. The van der Waals surface area contributed by atoms with E-state index < -0.39 is 5.54 Å². The molecule has 24 heavy (non-hydrogen) atoms. The molecule has 128 valence electrons. The first-order valence-electron chi connectivity index (χ1n) is 9.35. The maximum absolute atomic E-state index is 13.0. The maximum atomic E-state index is 13.0. The van der Waals surface area contributed by atoms with Gasteiger partial charge in [0.25, 0.3) is 5.91 Å². The van der Waals surface area contributed by atoms with Crippen molar-refractivity contribution in [3.05, 3.63) is 29.3 Å². The van der Waals surface area contributed by atoms with Gasteiger partial charge in [-0.2, -0.15) is 0 Å². The number of hydrazine groups is 1. The van der Waals surface area contributed by atoms with Crippen LogP contribution in [0.3, 0.4) is 0 Å². The zero-order valence-corrected chi connectivity index (χ0v) is 15.2. The van der Waals surface area contributed by atoms with Crippen molar-refractivity contribution < 1.29 is 4.79 Å². The molecule has 4 aliphatic carbocycles. The summed E-state index contributed by atoms with van der Waals surface area (Å²) < 4.78 is 0. The van der Waals surface area contributed by atoms with E-state index in [1.165, 1.54) is 32.1 Å². The lowest BCUT2D eigenvalue weighted by Gasteiger charge is -2.65. The Labute approximate surface area is 148 Å². The number of amides is 1. The van der Waals surface area contributed by atoms with Crippen molar-refractivity contribution in [1.29, 1.82) is 0 Å². The van der Waals surface area contributed by atoms with E-state index in [9.17, 15) is 4.79 Å². The lowest BCUT2D eigenvalue weighted by molar-refractivity contribution is -0.170. The summed E-state index contributed by atoms with van der Waals surface area (Å²) in [6, 6.07) is 8.31. The van der Waals surface area contributed by atoms with Gasteiger partial charge in [-0.15, -0.1) is 0 Å². The Morgan fingerprint density at radius 1 is 1.00 bits per heavy atom. The molecular formula is C20H25ClN2O. The number of hydrogen-bond acceptors (Lipinski definition) is 2. The predicted octanol–water partition coefficient (Wildman–Crippen LogP) is 4.51. The molecule has 4 heteroatoms. The van der Waals surface area contributed by atoms with Crippen molar-refractivity contribution in [2.24, 2.45) is 23.7 Å². The van der Waals surface area contributed by atoms with Crippen LogP contribution in [0.4, 0.5) is 5.69 Å². The Hall–Kier alpha value is -1.22. The van der Waals surface area contributed by atoms with Gasteiger partial charge in [0.2, 0.25) is 0 Å². The van der Waals surface area contributed by atoms with E-state index in [0.717, 1.165) is 22.5 Å². The minimum Gasteiger partial charge on any atom is -0.270 e. The summed E-state index contributed by atoms with van der Waals surface area (Å²) in [4.78, 5) is 13.0. The summed E-state index contributed by atoms with van der Waals surface area (Å²) in [5.74, 6) is 3.47. The lowest BCUT2D eigenvalue weighted by Crippen LogP contribution is -2.80. The molecule has 1 aliphatic heterocycles. The average molecular weight is 345 g/mol. The van der Waals surface area contributed by atoms with Gasteiger partial charge >= 0.3 is 0 Å². The molecule has 5 fully saturated rings. The Kier molecular flexibility index (Phi) is 3.08. The Morgan fingerprint density at radius 2 is 1.58 bits per heavy atom. The van der Waals surface area contributed by atoms with Gasteiger partial charge in [0.15, 0.2) is 0 Å². The summed E-state index contributed by atoms with van der Waals surface area (Å²) in [5.41, 5.74) is 0.470. The second kappa shape index (κ2) is 4.91. The third kappa shape index (κ3) is 1.88. The van der Waals surface area contributed by atoms with Crippen LogP contribution in [-0.2, 0) is 4.79 Å². The van der Waals surface area contributed by atoms with Gasteiger partial charge in [-0.3, -0.25) is 9.80 Å². The molecule has 3 nitrogen and oxygen atoms in total. The fourth-order valence-corrected chi connectivity index (χ4v) is 6.51. The number of para-hydroxylation sites is 1. The fraction of sp³-hybridized carbons (Fsp3) is 0.650. The number of halogens is 1. The van der Waals surface area contributed by atoms with Crippen LogP contribution in [0.15, 0.2) is 24.3 Å². The predicted molar refractivity (Wildman–Crippen MR) is 95.7 cm³/mol. The second-order valence-electron chi connectivity index (χ2n) is 8.89. The SMILES string of the molecule is CC1(C)C(=O)N(C2C3CC4CC(C3)CC2C4)N1c1ccccc1Cl. The standard InChI is InChI=1S/C20H25ClN2O/c1-20(2)19(24)22(23(20)17-6-4-3-5-16(17)21)18-14-8-12-7-13(10-14)11-15(18)9-12/h3-6,12-15,18H,7-11H2,1-2H3. The van der Waals surface area contributed by atoms with E-state index >= 15 is 0 Å². The minimum atomic E-state index is -0.500. The first-order chi connectivity index (χ1) is 11.5. The first kappa shape index (κ1) is 15.1. The molecule has 5 aliphatic rings. The minimum absolute atomic E-state index is 0.264. The molecule has 1 heterocycles. The Balaban J connectivity index is 1.53. The molecule has 0 N–H and O–H groups in total. The molecular weight excluding hydrogens is 320 g/mol. The average Bonchev–Trinajstić information content (AvgIpc) is 2.54. The van der Waals surface area contributed by atoms with E-state index in [0.29, 0.717) is 17.9 Å². The Morgan fingerprint density at radius 3 is 2.17 bits per heavy atom. The highest BCUT2D eigenvalue weighted by Crippen LogP contribution is 2.57. The van der Waals surface area contributed by atoms with Crippen LogP contribution in [0.1, 0.15) is 46.0 Å². The van der Waals surface area contributed by atoms with Gasteiger partial charge in [-0.1, -0.05) is 23.7 Å². The smallest absolute Gasteiger partial charge is 0.268 e. The quantitative estimate of drug-likeness (QED) is 0.788. The molecule has 1 aromatic carbocycles. The normalized spacial score (nSPS) is 39.3. The highest BCUT2D eigenvalue weighted by Gasteiger charge is 2.61. The van der Waals surface area contributed by atoms with Crippen LogP contribution in [-0.4, -0.2) is 22.5 Å². The summed E-state index contributed by atoms with van der Waals surface area (Å²) in [6.07, 6.45) is 6.71. The van der Waals surface area contributed by atoms with Crippen LogP contribution in [0.25, 0.3) is 0 Å². The number of rotatable bonds is 2. The van der Waals surface area contributed by atoms with Gasteiger partial charge in [0, 0.05) is 0 Å². The zero-order chi connectivity index (χ0) is 16.6. The van der Waals surface area contributed by atoms with Gasteiger partial charge in [-0.25, -0.2) is 5.01 Å². The molecule has 0 unspecified atom stereocenters. The molecule has 0 aromatic heterocycles. The monoisotopic (exact) mass is 344 g/mol. The van der Waals surface area contributed by atoms with Crippen LogP contribution in [0, 0.1) is 23.7 Å². The van der Waals surface area contributed by atoms with Crippen molar-refractivity contribution in [2.75, 3.05) is 5.01 Å². The van der Waals surface area contributed by atoms with Crippen LogP contribution in [0.5, 0.6) is 0 Å². The van der Waals surface area contributed by atoms with E-state index in [1.54, 1.807) is 0 Å². The number of nitrogens with zero attached hydrogens (tertiary/aromatic N) is 2. The molecule has 1 saturated heterocycles. The van der Waals surface area contributed by atoms with Crippen LogP contribution < -0.4 is 5.01 Å². The molecule has 1 amide bonds. The van der Waals surface area contributed by atoms with E-state index in [4.69, 9.17) is 11.6 Å². The van der Waals surface area contributed by atoms with Crippen molar-refractivity contribution in [3.8, 4) is 0 Å². The Bertz CT molecular complexity index is 673. The van der Waals surface area contributed by atoms with Crippen LogP contribution in [0.2, 0.25) is 5.02 Å². The molecule has 4 bridgehead atoms. The number of hydrogen-bond donors (Lipinski definition) is 0. The highest BCUT2D eigenvalue weighted by atomic mass is 35.5. The summed E-state index contributed by atoms with van der Waals surface area (Å²) >= 11 is 6.48. The number of carbonyl (C=O) groups is 1. The van der Waals surface area contributed by atoms with Gasteiger partial charge in [-0.05, 0) is 81.8 Å². The van der Waals surface area contributed by atoms with Crippen molar-refractivity contribution >= 4 is 23.2 Å². The maximum Gasteiger partial charge on any atom is 0.268 e. The largest absolute Gasteiger partial charge is 0.270 e. The second-order valence-corrected chi connectivity index (χ2v) is 9.30. The molecule has 0 atom stereocenters. The molecule has 0 spiro atoms. The number of benzene rings is 1. The highest BCUT2D eigenvalue weighted by molar-refractivity contribution is 6.33. The molecule has 0 radical (unpaired) electrons. The van der Waals surface area contributed by atoms with E-state index in [2.05, 4.69) is 10.0 Å². The van der Waals surface area contributed by atoms with E-state index in [1.807, 2.05) is 38.1 Å². The summed E-state index contributed by atoms with van der Waals surface area (Å²) in [7, 11) is 0. The molecule has 6 rings (SSSR count). The number of anilines is 1.